The molecule has 0 bridgehead atoms. The minimum absolute atomic E-state index is 0. The Balaban J connectivity index is 0.00000208. The summed E-state index contributed by atoms with van der Waals surface area (Å²) in [7, 11) is -1.75. The second kappa shape index (κ2) is 6.97. The number of aromatic nitrogens is 1. The SMILES string of the molecule is CNCc1cn(S(=O)(=O)c2ccc(C)cc2)c2cc(C)ccc12.Cl. The van der Waals surface area contributed by atoms with E-state index in [0.717, 1.165) is 27.6 Å². The van der Waals surface area contributed by atoms with Gasteiger partial charge in [-0.2, -0.15) is 0 Å². The van der Waals surface area contributed by atoms with Crippen molar-refractivity contribution in [3.8, 4) is 0 Å². The molecule has 24 heavy (non-hydrogen) atoms. The fourth-order valence-corrected chi connectivity index (χ4v) is 4.11. The van der Waals surface area contributed by atoms with Gasteiger partial charge in [0, 0.05) is 18.1 Å². The highest BCUT2D eigenvalue weighted by atomic mass is 35.5. The molecule has 1 heterocycles. The molecule has 0 saturated heterocycles. The first-order valence-electron chi connectivity index (χ1n) is 7.51. The van der Waals surface area contributed by atoms with E-state index in [1.807, 2.05) is 51.2 Å². The number of aryl methyl sites for hydroxylation is 2. The first-order chi connectivity index (χ1) is 10.9. The summed E-state index contributed by atoms with van der Waals surface area (Å²) in [6, 6.07) is 12.9. The average Bonchev–Trinajstić information content (AvgIpc) is 2.87. The molecular formula is C18H21ClN2O2S. The van der Waals surface area contributed by atoms with Gasteiger partial charge in [-0.05, 0) is 50.2 Å². The molecule has 1 N–H and O–H groups in total. The zero-order chi connectivity index (χ0) is 16.6. The van der Waals surface area contributed by atoms with Gasteiger partial charge in [0.1, 0.15) is 0 Å². The second-order valence-electron chi connectivity index (χ2n) is 5.82. The molecule has 0 aliphatic rings. The Hall–Kier alpha value is -1.82. The molecule has 0 aliphatic heterocycles. The normalized spacial score (nSPS) is 11.5. The van der Waals surface area contributed by atoms with Gasteiger partial charge in [0.25, 0.3) is 10.0 Å². The van der Waals surface area contributed by atoms with Crippen molar-refractivity contribution in [2.75, 3.05) is 7.05 Å². The Morgan fingerprint density at radius 2 is 1.62 bits per heavy atom. The van der Waals surface area contributed by atoms with Crippen molar-refractivity contribution < 1.29 is 8.42 Å². The number of fused-ring (bicyclic) bond motifs is 1. The molecule has 0 radical (unpaired) electrons. The molecule has 1 aromatic heterocycles. The molecule has 4 nitrogen and oxygen atoms in total. The topological polar surface area (TPSA) is 51.1 Å². The van der Waals surface area contributed by atoms with Gasteiger partial charge >= 0.3 is 0 Å². The molecule has 0 atom stereocenters. The molecule has 6 heteroatoms. The molecule has 0 unspecified atom stereocenters. The minimum Gasteiger partial charge on any atom is -0.316 e. The number of halogens is 1. The molecular weight excluding hydrogens is 344 g/mol. The van der Waals surface area contributed by atoms with Gasteiger partial charge in [0.2, 0.25) is 0 Å². The lowest BCUT2D eigenvalue weighted by atomic mass is 10.1. The average molecular weight is 365 g/mol. The van der Waals surface area contributed by atoms with Gasteiger partial charge in [-0.25, -0.2) is 12.4 Å². The van der Waals surface area contributed by atoms with Crippen LogP contribution >= 0.6 is 12.4 Å². The smallest absolute Gasteiger partial charge is 0.268 e. The van der Waals surface area contributed by atoms with Crippen LogP contribution in [0.2, 0.25) is 0 Å². The van der Waals surface area contributed by atoms with E-state index in [1.165, 1.54) is 3.97 Å². The standard InChI is InChI=1S/C18H20N2O2S.ClH/c1-13-4-7-16(8-5-13)23(21,22)20-12-15(11-19-3)17-9-6-14(2)10-18(17)20;/h4-10,12,19H,11H2,1-3H3;1H. The van der Waals surface area contributed by atoms with Gasteiger partial charge in [-0.15, -0.1) is 12.4 Å². The van der Waals surface area contributed by atoms with Gasteiger partial charge < -0.3 is 5.32 Å². The highest BCUT2D eigenvalue weighted by Crippen LogP contribution is 2.27. The van der Waals surface area contributed by atoms with Crippen molar-refractivity contribution in [1.82, 2.24) is 9.29 Å². The van der Waals surface area contributed by atoms with E-state index in [0.29, 0.717) is 11.4 Å². The van der Waals surface area contributed by atoms with Crippen LogP contribution in [-0.4, -0.2) is 19.4 Å². The molecule has 0 amide bonds. The van der Waals surface area contributed by atoms with E-state index in [2.05, 4.69) is 5.32 Å². The third-order valence-electron chi connectivity index (χ3n) is 3.95. The summed E-state index contributed by atoms with van der Waals surface area (Å²) < 4.78 is 27.5. The van der Waals surface area contributed by atoms with E-state index in [-0.39, 0.29) is 12.4 Å². The van der Waals surface area contributed by atoms with Crippen molar-refractivity contribution in [2.24, 2.45) is 0 Å². The Morgan fingerprint density at radius 3 is 2.25 bits per heavy atom. The van der Waals surface area contributed by atoms with Crippen molar-refractivity contribution in [3.05, 3.63) is 65.4 Å². The number of rotatable bonds is 4. The summed E-state index contributed by atoms with van der Waals surface area (Å²) >= 11 is 0. The molecule has 0 spiro atoms. The summed E-state index contributed by atoms with van der Waals surface area (Å²) in [5.74, 6) is 0. The lowest BCUT2D eigenvalue weighted by Gasteiger charge is -2.08. The largest absolute Gasteiger partial charge is 0.316 e. The number of hydrogen-bond acceptors (Lipinski definition) is 3. The van der Waals surface area contributed by atoms with Crippen molar-refractivity contribution in [3.63, 3.8) is 0 Å². The van der Waals surface area contributed by atoms with Crippen molar-refractivity contribution >= 4 is 33.3 Å². The predicted molar refractivity (Wildman–Crippen MR) is 100 cm³/mol. The van der Waals surface area contributed by atoms with E-state index in [9.17, 15) is 8.42 Å². The highest BCUT2D eigenvalue weighted by molar-refractivity contribution is 7.90. The number of benzene rings is 2. The van der Waals surface area contributed by atoms with Crippen LogP contribution in [-0.2, 0) is 16.6 Å². The minimum atomic E-state index is -3.61. The summed E-state index contributed by atoms with van der Waals surface area (Å²) in [5, 5.41) is 4.05. The molecule has 2 aromatic carbocycles. The van der Waals surface area contributed by atoms with Crippen LogP contribution in [0.15, 0.2) is 53.6 Å². The summed E-state index contributed by atoms with van der Waals surface area (Å²) in [6.45, 7) is 4.53. The predicted octanol–water partition coefficient (Wildman–Crippen LogP) is 3.64. The van der Waals surface area contributed by atoms with Gasteiger partial charge in [0.15, 0.2) is 0 Å². The van der Waals surface area contributed by atoms with Crippen LogP contribution in [0.1, 0.15) is 16.7 Å². The zero-order valence-corrected chi connectivity index (χ0v) is 15.5. The van der Waals surface area contributed by atoms with E-state index >= 15 is 0 Å². The Bertz CT molecular complexity index is 961. The number of nitrogens with one attached hydrogen (secondary N) is 1. The monoisotopic (exact) mass is 364 g/mol. The Morgan fingerprint density at radius 1 is 1.00 bits per heavy atom. The summed E-state index contributed by atoms with van der Waals surface area (Å²) in [6.07, 6.45) is 1.72. The molecule has 3 rings (SSSR count). The lowest BCUT2D eigenvalue weighted by Crippen LogP contribution is -2.12. The fraction of sp³-hybridized carbons (Fsp3) is 0.222. The molecule has 0 fully saturated rings. The first-order valence-corrected chi connectivity index (χ1v) is 8.95. The second-order valence-corrected chi connectivity index (χ2v) is 7.63. The van der Waals surface area contributed by atoms with E-state index in [4.69, 9.17) is 0 Å². The third-order valence-corrected chi connectivity index (χ3v) is 5.64. The maximum atomic E-state index is 13.0. The number of nitrogens with zero attached hydrogens (tertiary/aromatic N) is 1. The van der Waals surface area contributed by atoms with Gasteiger partial charge in [-0.3, -0.25) is 0 Å². The first kappa shape index (κ1) is 18.5. The molecule has 0 aliphatic carbocycles. The number of hydrogen-bond donors (Lipinski definition) is 1. The van der Waals surface area contributed by atoms with E-state index in [1.54, 1.807) is 18.3 Å². The summed E-state index contributed by atoms with van der Waals surface area (Å²) in [4.78, 5) is 0.303. The maximum Gasteiger partial charge on any atom is 0.268 e. The maximum absolute atomic E-state index is 13.0. The van der Waals surface area contributed by atoms with Crippen LogP contribution in [0.3, 0.4) is 0 Å². The van der Waals surface area contributed by atoms with Gasteiger partial charge in [-0.1, -0.05) is 29.8 Å². The van der Waals surface area contributed by atoms with Crippen LogP contribution in [0.25, 0.3) is 10.9 Å². The van der Waals surface area contributed by atoms with Crippen LogP contribution in [0, 0.1) is 13.8 Å². The Labute approximate surface area is 149 Å². The highest BCUT2D eigenvalue weighted by Gasteiger charge is 2.21. The lowest BCUT2D eigenvalue weighted by molar-refractivity contribution is 0.589. The zero-order valence-electron chi connectivity index (χ0n) is 13.9. The quantitative estimate of drug-likeness (QED) is 0.769. The third kappa shape index (κ3) is 3.20. The molecule has 0 saturated carbocycles. The summed E-state index contributed by atoms with van der Waals surface area (Å²) in [5.41, 5.74) is 3.76. The fourth-order valence-electron chi connectivity index (χ4n) is 2.73. The van der Waals surface area contributed by atoms with E-state index < -0.39 is 10.0 Å². The Kier molecular flexibility index (Phi) is 5.38. The molecule has 128 valence electrons. The van der Waals surface area contributed by atoms with Gasteiger partial charge in [0.05, 0.1) is 10.4 Å². The van der Waals surface area contributed by atoms with Crippen molar-refractivity contribution in [2.45, 2.75) is 25.3 Å². The van der Waals surface area contributed by atoms with Crippen LogP contribution < -0.4 is 5.32 Å². The van der Waals surface area contributed by atoms with Crippen molar-refractivity contribution in [1.29, 1.82) is 0 Å². The molecule has 3 aromatic rings. The van der Waals surface area contributed by atoms with Crippen LogP contribution in [0.4, 0.5) is 0 Å². The van der Waals surface area contributed by atoms with Crippen LogP contribution in [0.5, 0.6) is 0 Å².